The van der Waals surface area contributed by atoms with Gasteiger partial charge in [-0.15, -0.1) is 0 Å². The molecule has 2 fully saturated rings. The van der Waals surface area contributed by atoms with E-state index in [-0.39, 0.29) is 23.7 Å². The zero-order chi connectivity index (χ0) is 14.7. The molecule has 0 saturated carbocycles. The summed E-state index contributed by atoms with van der Waals surface area (Å²) in [5.74, 6) is 0.475. The van der Waals surface area contributed by atoms with Gasteiger partial charge < -0.3 is 15.5 Å². The van der Waals surface area contributed by atoms with Gasteiger partial charge in [-0.2, -0.15) is 0 Å². The van der Waals surface area contributed by atoms with E-state index >= 15 is 0 Å². The summed E-state index contributed by atoms with van der Waals surface area (Å²) >= 11 is 0. The second kappa shape index (κ2) is 6.26. The highest BCUT2D eigenvalue weighted by atomic mass is 16.2. The third-order valence-corrected chi connectivity index (χ3v) is 4.35. The Kier molecular flexibility index (Phi) is 4.20. The van der Waals surface area contributed by atoms with Gasteiger partial charge in [-0.05, 0) is 25.0 Å². The molecule has 2 saturated heterocycles. The number of anilines is 1. The normalized spacial score (nSPS) is 19.9. The largest absolute Gasteiger partial charge is 0.342 e. The Hall–Kier alpha value is -1.88. The number of carbonyl (C=O) groups is 2. The van der Waals surface area contributed by atoms with E-state index in [1.807, 2.05) is 35.2 Å². The second-order valence-corrected chi connectivity index (χ2v) is 5.81. The van der Waals surface area contributed by atoms with Crippen molar-refractivity contribution >= 4 is 17.5 Å². The zero-order valence-electron chi connectivity index (χ0n) is 12.0. The Morgan fingerprint density at radius 2 is 1.71 bits per heavy atom. The molecule has 0 aliphatic carbocycles. The molecule has 3 rings (SSSR count). The first kappa shape index (κ1) is 14.1. The molecule has 0 aromatic heterocycles. The number of benzene rings is 1. The molecule has 2 amide bonds. The molecule has 0 bridgehead atoms. The van der Waals surface area contributed by atoms with Crippen LogP contribution in [0.4, 0.5) is 5.69 Å². The quantitative estimate of drug-likeness (QED) is 0.874. The van der Waals surface area contributed by atoms with E-state index in [9.17, 15) is 9.59 Å². The van der Waals surface area contributed by atoms with Crippen molar-refractivity contribution in [2.75, 3.05) is 31.5 Å². The highest BCUT2D eigenvalue weighted by Crippen LogP contribution is 2.21. The summed E-state index contributed by atoms with van der Waals surface area (Å²) in [6.45, 7) is 2.99. The second-order valence-electron chi connectivity index (χ2n) is 5.81. The van der Waals surface area contributed by atoms with E-state index in [2.05, 4.69) is 10.6 Å². The van der Waals surface area contributed by atoms with Gasteiger partial charge in [0, 0.05) is 37.8 Å². The van der Waals surface area contributed by atoms with Gasteiger partial charge in [0.15, 0.2) is 0 Å². The Morgan fingerprint density at radius 3 is 2.29 bits per heavy atom. The number of nitrogens with one attached hydrogen (secondary N) is 2. The van der Waals surface area contributed by atoms with Crippen molar-refractivity contribution in [2.24, 2.45) is 11.8 Å². The molecule has 0 atom stereocenters. The SMILES string of the molecule is O=C(Nc1ccccc1)C1CCN(C(=O)C2CNC2)CC1. The monoisotopic (exact) mass is 287 g/mol. The van der Waals surface area contributed by atoms with Crippen LogP contribution in [0, 0.1) is 11.8 Å². The van der Waals surface area contributed by atoms with Gasteiger partial charge in [0.1, 0.15) is 0 Å². The molecule has 1 aromatic carbocycles. The van der Waals surface area contributed by atoms with E-state index < -0.39 is 0 Å². The van der Waals surface area contributed by atoms with Crippen molar-refractivity contribution < 1.29 is 9.59 Å². The smallest absolute Gasteiger partial charge is 0.228 e. The average molecular weight is 287 g/mol. The summed E-state index contributed by atoms with van der Waals surface area (Å²) in [7, 11) is 0. The first-order chi connectivity index (χ1) is 10.2. The molecule has 2 heterocycles. The molecule has 21 heavy (non-hydrogen) atoms. The van der Waals surface area contributed by atoms with Crippen LogP contribution in [0.15, 0.2) is 30.3 Å². The van der Waals surface area contributed by atoms with Crippen LogP contribution in [-0.4, -0.2) is 42.9 Å². The van der Waals surface area contributed by atoms with Crippen LogP contribution < -0.4 is 10.6 Å². The molecule has 1 aromatic rings. The fraction of sp³-hybridized carbons (Fsp3) is 0.500. The van der Waals surface area contributed by atoms with Crippen LogP contribution >= 0.6 is 0 Å². The van der Waals surface area contributed by atoms with E-state index in [1.54, 1.807) is 0 Å². The number of hydrogen-bond acceptors (Lipinski definition) is 3. The highest BCUT2D eigenvalue weighted by Gasteiger charge is 2.33. The first-order valence-corrected chi connectivity index (χ1v) is 7.59. The van der Waals surface area contributed by atoms with E-state index in [0.29, 0.717) is 13.1 Å². The van der Waals surface area contributed by atoms with E-state index in [0.717, 1.165) is 31.6 Å². The van der Waals surface area contributed by atoms with Gasteiger partial charge in [-0.25, -0.2) is 0 Å². The molecule has 2 N–H and O–H groups in total. The Balaban J connectivity index is 1.48. The summed E-state index contributed by atoms with van der Waals surface area (Å²) in [5.41, 5.74) is 0.835. The third kappa shape index (κ3) is 3.24. The number of para-hydroxylation sites is 1. The van der Waals surface area contributed by atoms with Gasteiger partial charge in [-0.3, -0.25) is 9.59 Å². The molecular weight excluding hydrogens is 266 g/mol. The minimum absolute atomic E-state index is 0.00812. The van der Waals surface area contributed by atoms with Crippen LogP contribution in [0.1, 0.15) is 12.8 Å². The number of hydrogen-bond donors (Lipinski definition) is 2. The van der Waals surface area contributed by atoms with Gasteiger partial charge in [0.2, 0.25) is 11.8 Å². The van der Waals surface area contributed by atoms with Gasteiger partial charge in [0.25, 0.3) is 0 Å². The summed E-state index contributed by atoms with van der Waals surface area (Å²) < 4.78 is 0. The minimum Gasteiger partial charge on any atom is -0.342 e. The summed E-state index contributed by atoms with van der Waals surface area (Å²) in [5, 5.41) is 6.07. The Morgan fingerprint density at radius 1 is 1.05 bits per heavy atom. The minimum atomic E-state index is 0.00812. The molecule has 0 radical (unpaired) electrons. The topological polar surface area (TPSA) is 61.4 Å². The average Bonchev–Trinajstić information content (AvgIpc) is 2.46. The predicted molar refractivity (Wildman–Crippen MR) is 80.7 cm³/mol. The van der Waals surface area contributed by atoms with Crippen molar-refractivity contribution in [3.05, 3.63) is 30.3 Å². The van der Waals surface area contributed by atoms with Crippen LogP contribution in [0.25, 0.3) is 0 Å². The maximum atomic E-state index is 12.2. The molecular formula is C16H21N3O2. The van der Waals surface area contributed by atoms with Crippen LogP contribution in [0.2, 0.25) is 0 Å². The molecule has 112 valence electrons. The van der Waals surface area contributed by atoms with E-state index in [4.69, 9.17) is 0 Å². The summed E-state index contributed by atoms with van der Waals surface area (Å²) in [6.07, 6.45) is 1.51. The lowest BCUT2D eigenvalue weighted by Gasteiger charge is -2.36. The fourth-order valence-electron chi connectivity index (χ4n) is 2.85. The Labute approximate surface area is 124 Å². The molecule has 2 aliphatic heterocycles. The standard InChI is InChI=1S/C16H21N3O2/c20-15(18-14-4-2-1-3-5-14)12-6-8-19(9-7-12)16(21)13-10-17-11-13/h1-5,12-13,17H,6-11H2,(H,18,20). The lowest BCUT2D eigenvalue weighted by atomic mass is 9.93. The zero-order valence-corrected chi connectivity index (χ0v) is 12.0. The number of likely N-dealkylation sites (tertiary alicyclic amines) is 1. The Bertz CT molecular complexity index is 506. The lowest BCUT2D eigenvalue weighted by molar-refractivity contribution is -0.139. The number of nitrogens with zero attached hydrogens (tertiary/aromatic N) is 1. The van der Waals surface area contributed by atoms with Gasteiger partial charge in [0.05, 0.1) is 5.92 Å². The van der Waals surface area contributed by atoms with Crippen molar-refractivity contribution in [2.45, 2.75) is 12.8 Å². The summed E-state index contributed by atoms with van der Waals surface area (Å²) in [4.78, 5) is 26.3. The fourth-order valence-corrected chi connectivity index (χ4v) is 2.85. The van der Waals surface area contributed by atoms with Gasteiger partial charge in [-0.1, -0.05) is 18.2 Å². The molecule has 0 unspecified atom stereocenters. The lowest BCUT2D eigenvalue weighted by Crippen LogP contribution is -2.53. The van der Waals surface area contributed by atoms with Crippen molar-refractivity contribution in [1.82, 2.24) is 10.2 Å². The van der Waals surface area contributed by atoms with Gasteiger partial charge >= 0.3 is 0 Å². The van der Waals surface area contributed by atoms with Crippen LogP contribution in [0.5, 0.6) is 0 Å². The summed E-state index contributed by atoms with van der Waals surface area (Å²) in [6, 6.07) is 9.52. The maximum absolute atomic E-state index is 12.2. The van der Waals surface area contributed by atoms with Crippen molar-refractivity contribution in [1.29, 1.82) is 0 Å². The number of rotatable bonds is 3. The van der Waals surface area contributed by atoms with E-state index in [1.165, 1.54) is 0 Å². The number of amides is 2. The molecule has 0 spiro atoms. The van der Waals surface area contributed by atoms with Crippen LogP contribution in [0.3, 0.4) is 0 Å². The predicted octanol–water partition coefficient (Wildman–Crippen LogP) is 1.08. The van der Waals surface area contributed by atoms with Crippen LogP contribution in [-0.2, 0) is 9.59 Å². The van der Waals surface area contributed by atoms with Crippen molar-refractivity contribution in [3.8, 4) is 0 Å². The number of carbonyl (C=O) groups excluding carboxylic acids is 2. The molecule has 5 heteroatoms. The highest BCUT2D eigenvalue weighted by molar-refractivity contribution is 5.92. The molecule has 2 aliphatic rings. The maximum Gasteiger partial charge on any atom is 0.228 e. The third-order valence-electron chi connectivity index (χ3n) is 4.35. The first-order valence-electron chi connectivity index (χ1n) is 7.59. The number of piperidine rings is 1. The van der Waals surface area contributed by atoms with Crippen molar-refractivity contribution in [3.63, 3.8) is 0 Å². The molecule has 5 nitrogen and oxygen atoms in total.